The van der Waals surface area contributed by atoms with Crippen molar-refractivity contribution in [2.75, 3.05) is 20.3 Å². The molecule has 0 aliphatic carbocycles. The van der Waals surface area contributed by atoms with Gasteiger partial charge in [0.25, 0.3) is 0 Å². The maximum atomic E-state index is 12.1. The maximum Gasteiger partial charge on any atom is 0.324 e. The van der Waals surface area contributed by atoms with Gasteiger partial charge in [-0.05, 0) is 18.9 Å². The predicted molar refractivity (Wildman–Crippen MR) is 73.1 cm³/mol. The molecule has 3 atom stereocenters. The molecule has 0 saturated carbocycles. The number of esters is 2. The molecule has 1 aromatic rings. The van der Waals surface area contributed by atoms with Crippen LogP contribution in [0.3, 0.4) is 0 Å². The molecular weight excluding hydrogens is 258 g/mol. The van der Waals surface area contributed by atoms with E-state index in [4.69, 9.17) is 9.47 Å². The number of carbonyl (C=O) groups is 2. The monoisotopic (exact) mass is 277 g/mol. The molecule has 1 heterocycles. The number of hydrogen-bond acceptors (Lipinski definition) is 5. The summed E-state index contributed by atoms with van der Waals surface area (Å²) < 4.78 is 9.82. The lowest BCUT2D eigenvalue weighted by Crippen LogP contribution is -2.35. The molecule has 1 fully saturated rings. The molecule has 1 unspecified atom stereocenters. The molecule has 0 amide bonds. The fourth-order valence-corrected chi connectivity index (χ4v) is 2.25. The second-order valence-electron chi connectivity index (χ2n) is 4.69. The van der Waals surface area contributed by atoms with Crippen LogP contribution in [0.4, 0.5) is 0 Å². The van der Waals surface area contributed by atoms with E-state index in [2.05, 4.69) is 0 Å². The van der Waals surface area contributed by atoms with Crippen molar-refractivity contribution in [1.29, 1.82) is 0 Å². The smallest absolute Gasteiger partial charge is 0.324 e. The van der Waals surface area contributed by atoms with Crippen LogP contribution in [0.2, 0.25) is 0 Å². The molecule has 1 aliphatic heterocycles. The van der Waals surface area contributed by atoms with Crippen molar-refractivity contribution < 1.29 is 19.1 Å². The summed E-state index contributed by atoms with van der Waals surface area (Å²) >= 11 is 0. The predicted octanol–water partition coefficient (Wildman–Crippen LogP) is 1.02. The van der Waals surface area contributed by atoms with Crippen LogP contribution < -0.4 is 0 Å². The van der Waals surface area contributed by atoms with E-state index >= 15 is 0 Å². The lowest BCUT2D eigenvalue weighted by Gasteiger charge is -2.17. The summed E-state index contributed by atoms with van der Waals surface area (Å²) in [6.07, 6.45) is 0.535. The topological polar surface area (TPSA) is 55.6 Å². The fraction of sp³-hybridized carbons (Fsp3) is 0.467. The normalized spacial score (nSPS) is 21.9. The van der Waals surface area contributed by atoms with E-state index in [0.717, 1.165) is 5.56 Å². The third kappa shape index (κ3) is 3.36. The van der Waals surface area contributed by atoms with E-state index in [1.54, 1.807) is 6.92 Å². The van der Waals surface area contributed by atoms with Crippen LogP contribution in [0, 0.1) is 0 Å². The number of hydrogen-bond donors (Lipinski definition) is 0. The molecule has 0 spiro atoms. The van der Waals surface area contributed by atoms with Gasteiger partial charge in [0.15, 0.2) is 0 Å². The standard InChI is InChI=1S/C15H19NO4/c1-3-20-15(18)12(9-11-7-5-4-6-8-11)16-10-13(16)14(17)19-2/h4-8,12-13H,3,9-10H2,1-2H3/t12-,13-,16?/m1/s1. The van der Waals surface area contributed by atoms with Gasteiger partial charge < -0.3 is 9.47 Å². The van der Waals surface area contributed by atoms with Crippen LogP contribution in [0.25, 0.3) is 0 Å². The summed E-state index contributed by atoms with van der Waals surface area (Å²) in [5.41, 5.74) is 1.04. The van der Waals surface area contributed by atoms with Crippen molar-refractivity contribution >= 4 is 11.9 Å². The lowest BCUT2D eigenvalue weighted by atomic mass is 10.1. The van der Waals surface area contributed by atoms with Crippen molar-refractivity contribution in [3.05, 3.63) is 35.9 Å². The zero-order chi connectivity index (χ0) is 14.5. The molecule has 5 heteroatoms. The van der Waals surface area contributed by atoms with Crippen LogP contribution in [0.15, 0.2) is 30.3 Å². The minimum atomic E-state index is -0.429. The Kier molecular flexibility index (Phi) is 4.74. The highest BCUT2D eigenvalue weighted by Crippen LogP contribution is 2.25. The molecule has 2 rings (SSSR count). The third-order valence-electron chi connectivity index (χ3n) is 3.35. The van der Waals surface area contributed by atoms with Gasteiger partial charge in [-0.25, -0.2) is 0 Å². The number of benzene rings is 1. The highest BCUT2D eigenvalue weighted by Gasteiger charge is 2.48. The molecule has 5 nitrogen and oxygen atoms in total. The van der Waals surface area contributed by atoms with Crippen molar-refractivity contribution in [3.63, 3.8) is 0 Å². The summed E-state index contributed by atoms with van der Waals surface area (Å²) in [5.74, 6) is -0.588. The molecule has 108 valence electrons. The van der Waals surface area contributed by atoms with E-state index in [0.29, 0.717) is 19.6 Å². The molecule has 0 bridgehead atoms. The molecule has 20 heavy (non-hydrogen) atoms. The second-order valence-corrected chi connectivity index (χ2v) is 4.69. The average molecular weight is 277 g/mol. The Labute approximate surface area is 118 Å². The summed E-state index contributed by atoms with van der Waals surface area (Å²) in [7, 11) is 1.36. The number of ether oxygens (including phenoxy) is 2. The SMILES string of the molecule is CCOC(=O)[C@@H](Cc1ccccc1)N1C[C@@H]1C(=O)OC. The van der Waals surface area contributed by atoms with Crippen molar-refractivity contribution in [2.45, 2.75) is 25.4 Å². The van der Waals surface area contributed by atoms with Gasteiger partial charge in [0.1, 0.15) is 12.1 Å². The first-order valence-electron chi connectivity index (χ1n) is 6.71. The fourth-order valence-electron chi connectivity index (χ4n) is 2.25. The number of nitrogens with zero attached hydrogens (tertiary/aromatic N) is 1. The summed E-state index contributed by atoms with van der Waals surface area (Å²) in [5, 5.41) is 0. The van der Waals surface area contributed by atoms with Gasteiger partial charge in [0.2, 0.25) is 0 Å². The van der Waals surface area contributed by atoms with E-state index in [1.165, 1.54) is 7.11 Å². The minimum absolute atomic E-state index is 0.289. The number of carbonyl (C=O) groups excluding carboxylic acids is 2. The minimum Gasteiger partial charge on any atom is -0.468 e. The maximum absolute atomic E-state index is 12.1. The van der Waals surface area contributed by atoms with Gasteiger partial charge in [-0.2, -0.15) is 0 Å². The Balaban J connectivity index is 2.06. The first-order chi connectivity index (χ1) is 9.67. The van der Waals surface area contributed by atoms with E-state index in [1.807, 2.05) is 35.2 Å². The van der Waals surface area contributed by atoms with E-state index in [9.17, 15) is 9.59 Å². The first-order valence-corrected chi connectivity index (χ1v) is 6.71. The van der Waals surface area contributed by atoms with E-state index < -0.39 is 6.04 Å². The van der Waals surface area contributed by atoms with Gasteiger partial charge in [0.05, 0.1) is 13.7 Å². The molecule has 1 aliphatic rings. The van der Waals surface area contributed by atoms with Crippen LogP contribution in [-0.2, 0) is 25.5 Å². The number of methoxy groups -OCH3 is 1. The third-order valence-corrected chi connectivity index (χ3v) is 3.35. The van der Waals surface area contributed by atoms with Gasteiger partial charge in [-0.15, -0.1) is 0 Å². The van der Waals surface area contributed by atoms with Gasteiger partial charge in [0, 0.05) is 6.54 Å². The lowest BCUT2D eigenvalue weighted by molar-refractivity contribution is -0.148. The van der Waals surface area contributed by atoms with Crippen LogP contribution >= 0.6 is 0 Å². The van der Waals surface area contributed by atoms with Crippen molar-refractivity contribution in [3.8, 4) is 0 Å². The highest BCUT2D eigenvalue weighted by atomic mass is 16.5. The molecular formula is C15H19NO4. The van der Waals surface area contributed by atoms with Crippen LogP contribution in [0.1, 0.15) is 12.5 Å². The van der Waals surface area contributed by atoms with Gasteiger partial charge in [-0.1, -0.05) is 30.3 Å². The Morgan fingerprint density at radius 1 is 1.35 bits per heavy atom. The quantitative estimate of drug-likeness (QED) is 0.574. The van der Waals surface area contributed by atoms with Crippen LogP contribution in [-0.4, -0.2) is 49.2 Å². The average Bonchev–Trinajstić information content (AvgIpc) is 3.25. The Morgan fingerprint density at radius 3 is 2.65 bits per heavy atom. The summed E-state index contributed by atoms with van der Waals surface area (Å²) in [4.78, 5) is 25.4. The summed E-state index contributed by atoms with van der Waals surface area (Å²) in [6.45, 7) is 2.65. The van der Waals surface area contributed by atoms with Gasteiger partial charge in [-0.3, -0.25) is 14.5 Å². The van der Waals surface area contributed by atoms with Crippen LogP contribution in [0.5, 0.6) is 0 Å². The zero-order valence-electron chi connectivity index (χ0n) is 11.7. The molecule has 1 aromatic carbocycles. The second kappa shape index (κ2) is 6.52. The van der Waals surface area contributed by atoms with Gasteiger partial charge >= 0.3 is 11.9 Å². The highest BCUT2D eigenvalue weighted by molar-refractivity contribution is 5.83. The summed E-state index contributed by atoms with van der Waals surface area (Å²) in [6, 6.07) is 8.96. The Morgan fingerprint density at radius 2 is 2.05 bits per heavy atom. The molecule has 0 N–H and O–H groups in total. The van der Waals surface area contributed by atoms with Crippen molar-refractivity contribution in [1.82, 2.24) is 4.90 Å². The molecule has 0 aromatic heterocycles. The van der Waals surface area contributed by atoms with Crippen molar-refractivity contribution in [2.24, 2.45) is 0 Å². The van der Waals surface area contributed by atoms with E-state index in [-0.39, 0.29) is 18.0 Å². The number of rotatable bonds is 6. The molecule has 0 radical (unpaired) electrons. The Hall–Kier alpha value is -1.88. The zero-order valence-corrected chi connectivity index (χ0v) is 11.7. The largest absolute Gasteiger partial charge is 0.468 e. The molecule has 1 saturated heterocycles. The Bertz CT molecular complexity index is 474. The first kappa shape index (κ1) is 14.5.